The molecule has 1 fully saturated rings. The highest BCUT2D eigenvalue weighted by Crippen LogP contribution is 2.19. The lowest BCUT2D eigenvalue weighted by atomic mass is 10.2. The van der Waals surface area contributed by atoms with Gasteiger partial charge >= 0.3 is 0 Å². The van der Waals surface area contributed by atoms with E-state index in [1.807, 2.05) is 48.0 Å². The maximum absolute atomic E-state index is 12.7. The number of carbonyl (C=O) groups excluding carboxylic acids is 1. The molecule has 0 bridgehead atoms. The number of carbonyl (C=O) groups is 1. The van der Waals surface area contributed by atoms with Gasteiger partial charge in [0.05, 0.1) is 23.1 Å². The van der Waals surface area contributed by atoms with E-state index < -0.39 is 0 Å². The summed E-state index contributed by atoms with van der Waals surface area (Å²) in [6.45, 7) is 2.55. The van der Waals surface area contributed by atoms with Crippen LogP contribution in [0.3, 0.4) is 0 Å². The summed E-state index contributed by atoms with van der Waals surface area (Å²) in [7, 11) is 3.78. The van der Waals surface area contributed by atoms with Crippen LogP contribution in [-0.2, 0) is 13.6 Å². The van der Waals surface area contributed by atoms with Crippen molar-refractivity contribution in [1.29, 1.82) is 0 Å². The maximum atomic E-state index is 12.7. The van der Waals surface area contributed by atoms with Gasteiger partial charge in [-0.15, -0.1) is 0 Å². The number of hydrogen-bond acceptors (Lipinski definition) is 4. The quantitative estimate of drug-likeness (QED) is 0.727. The first-order valence-electron chi connectivity index (χ1n) is 9.00. The van der Waals surface area contributed by atoms with E-state index in [0.717, 1.165) is 35.8 Å². The van der Waals surface area contributed by atoms with Crippen LogP contribution in [0.15, 0.2) is 42.6 Å². The number of para-hydroxylation sites is 2. The van der Waals surface area contributed by atoms with E-state index in [9.17, 15) is 4.79 Å². The van der Waals surface area contributed by atoms with Gasteiger partial charge in [0.15, 0.2) is 0 Å². The number of anilines is 1. The predicted octanol–water partition coefficient (Wildman–Crippen LogP) is 2.84. The average molecular weight is 349 g/mol. The third-order valence-electron chi connectivity index (χ3n) is 5.03. The Kier molecular flexibility index (Phi) is 4.32. The molecule has 0 aliphatic carbocycles. The van der Waals surface area contributed by atoms with Crippen molar-refractivity contribution in [2.24, 2.45) is 7.05 Å². The molecule has 0 spiro atoms. The molecule has 6 nitrogen and oxygen atoms in total. The molecular formula is C20H23N5O. The number of amides is 1. The molecule has 3 heterocycles. The van der Waals surface area contributed by atoms with Gasteiger partial charge in [0.25, 0.3) is 5.91 Å². The largest absolute Gasteiger partial charge is 0.357 e. The Morgan fingerprint density at radius 3 is 2.62 bits per heavy atom. The summed E-state index contributed by atoms with van der Waals surface area (Å²) in [6.07, 6.45) is 4.10. The Morgan fingerprint density at radius 2 is 1.92 bits per heavy atom. The van der Waals surface area contributed by atoms with Crippen LogP contribution >= 0.6 is 0 Å². The molecule has 0 N–H and O–H groups in total. The molecule has 0 radical (unpaired) electrons. The van der Waals surface area contributed by atoms with Crippen molar-refractivity contribution in [2.75, 3.05) is 25.0 Å². The van der Waals surface area contributed by atoms with Gasteiger partial charge < -0.3 is 14.4 Å². The fraction of sp³-hybridized carbons (Fsp3) is 0.350. The van der Waals surface area contributed by atoms with Gasteiger partial charge in [0.1, 0.15) is 11.6 Å². The number of hydrogen-bond donors (Lipinski definition) is 0. The zero-order chi connectivity index (χ0) is 18.1. The molecule has 1 aromatic carbocycles. The first-order chi connectivity index (χ1) is 12.6. The minimum atomic E-state index is -0.0440. The highest BCUT2D eigenvalue weighted by atomic mass is 16.2. The number of benzene rings is 1. The zero-order valence-corrected chi connectivity index (χ0v) is 15.2. The highest BCUT2D eigenvalue weighted by molar-refractivity contribution is 5.94. The van der Waals surface area contributed by atoms with Crippen molar-refractivity contribution >= 4 is 22.8 Å². The molecule has 6 heteroatoms. The van der Waals surface area contributed by atoms with Crippen molar-refractivity contribution < 1.29 is 4.79 Å². The van der Waals surface area contributed by atoms with E-state index in [1.165, 1.54) is 12.8 Å². The molecule has 134 valence electrons. The number of aryl methyl sites for hydroxylation is 1. The van der Waals surface area contributed by atoms with Crippen molar-refractivity contribution in [1.82, 2.24) is 19.4 Å². The molecule has 26 heavy (non-hydrogen) atoms. The van der Waals surface area contributed by atoms with Crippen LogP contribution in [0.2, 0.25) is 0 Å². The lowest BCUT2D eigenvalue weighted by molar-refractivity contribution is 0.0780. The van der Waals surface area contributed by atoms with Crippen molar-refractivity contribution in [2.45, 2.75) is 19.4 Å². The standard InChI is InChI=1S/C20H23N5O/c1-23(14-19-22-16-7-3-4-8-17(16)24(19)2)20(26)15-9-10-18(21-13-15)25-11-5-6-12-25/h3-4,7-10,13H,5-6,11-12,14H2,1-2H3. The summed E-state index contributed by atoms with van der Waals surface area (Å²) in [5.74, 6) is 1.78. The van der Waals surface area contributed by atoms with Gasteiger partial charge in [-0.05, 0) is 37.1 Å². The minimum absolute atomic E-state index is 0.0440. The Bertz CT molecular complexity index is 925. The Hall–Kier alpha value is -2.89. The summed E-state index contributed by atoms with van der Waals surface area (Å²) in [4.78, 5) is 25.8. The van der Waals surface area contributed by atoms with E-state index >= 15 is 0 Å². The molecule has 0 unspecified atom stereocenters. The average Bonchev–Trinajstić information content (AvgIpc) is 3.31. The molecule has 1 aliphatic heterocycles. The maximum Gasteiger partial charge on any atom is 0.255 e. The van der Waals surface area contributed by atoms with E-state index in [-0.39, 0.29) is 5.91 Å². The molecule has 1 amide bonds. The van der Waals surface area contributed by atoms with Crippen LogP contribution in [0.25, 0.3) is 11.0 Å². The second kappa shape index (κ2) is 6.78. The van der Waals surface area contributed by atoms with Gasteiger partial charge in [-0.1, -0.05) is 12.1 Å². The molecule has 4 rings (SSSR count). The van der Waals surface area contributed by atoms with E-state index in [4.69, 9.17) is 0 Å². The lowest BCUT2D eigenvalue weighted by Gasteiger charge is -2.19. The first-order valence-corrected chi connectivity index (χ1v) is 9.00. The summed E-state index contributed by atoms with van der Waals surface area (Å²) in [6, 6.07) is 11.8. The second-order valence-electron chi connectivity index (χ2n) is 6.84. The summed E-state index contributed by atoms with van der Waals surface area (Å²) >= 11 is 0. The number of fused-ring (bicyclic) bond motifs is 1. The Morgan fingerprint density at radius 1 is 1.15 bits per heavy atom. The van der Waals surface area contributed by atoms with Crippen molar-refractivity contribution in [3.8, 4) is 0 Å². The van der Waals surface area contributed by atoms with Crippen LogP contribution in [0.5, 0.6) is 0 Å². The topological polar surface area (TPSA) is 54.3 Å². The minimum Gasteiger partial charge on any atom is -0.357 e. The van der Waals surface area contributed by atoms with Crippen LogP contribution in [0.1, 0.15) is 29.0 Å². The smallest absolute Gasteiger partial charge is 0.255 e. The van der Waals surface area contributed by atoms with Crippen molar-refractivity contribution in [3.05, 3.63) is 54.0 Å². The van der Waals surface area contributed by atoms with Crippen molar-refractivity contribution in [3.63, 3.8) is 0 Å². The molecule has 1 saturated heterocycles. The van der Waals surface area contributed by atoms with E-state index in [2.05, 4.69) is 14.9 Å². The molecule has 3 aromatic rings. The molecule has 1 aliphatic rings. The summed E-state index contributed by atoms with van der Waals surface area (Å²) in [5.41, 5.74) is 2.62. The van der Waals surface area contributed by atoms with Gasteiger partial charge in [0.2, 0.25) is 0 Å². The summed E-state index contributed by atoms with van der Waals surface area (Å²) in [5, 5.41) is 0. The van der Waals surface area contributed by atoms with E-state index in [0.29, 0.717) is 12.1 Å². The number of nitrogens with zero attached hydrogens (tertiary/aromatic N) is 5. The molecule has 0 saturated carbocycles. The number of aromatic nitrogens is 3. The second-order valence-corrected chi connectivity index (χ2v) is 6.84. The normalized spacial score (nSPS) is 14.2. The highest BCUT2D eigenvalue weighted by Gasteiger charge is 2.18. The van der Waals surface area contributed by atoms with Gasteiger partial charge in [-0.3, -0.25) is 4.79 Å². The predicted molar refractivity (Wildman–Crippen MR) is 102 cm³/mol. The fourth-order valence-corrected chi connectivity index (χ4v) is 3.49. The third-order valence-corrected chi connectivity index (χ3v) is 5.03. The SMILES string of the molecule is CN(Cc1nc2ccccc2n1C)C(=O)c1ccc(N2CCCC2)nc1. The van der Waals surface area contributed by atoms with Crippen LogP contribution in [-0.4, -0.2) is 45.5 Å². The fourth-order valence-electron chi connectivity index (χ4n) is 3.49. The van der Waals surface area contributed by atoms with Crippen LogP contribution in [0.4, 0.5) is 5.82 Å². The Labute approximate surface area is 153 Å². The molecule has 0 atom stereocenters. The van der Waals surface area contributed by atoms with Crippen LogP contribution < -0.4 is 4.90 Å². The zero-order valence-electron chi connectivity index (χ0n) is 15.2. The lowest BCUT2D eigenvalue weighted by Crippen LogP contribution is -2.28. The van der Waals surface area contributed by atoms with Gasteiger partial charge in [0, 0.05) is 33.4 Å². The number of imidazole rings is 1. The van der Waals surface area contributed by atoms with Gasteiger partial charge in [-0.2, -0.15) is 0 Å². The number of pyridine rings is 1. The monoisotopic (exact) mass is 349 g/mol. The molecule has 2 aromatic heterocycles. The van der Waals surface area contributed by atoms with Crippen LogP contribution in [0, 0.1) is 0 Å². The van der Waals surface area contributed by atoms with E-state index in [1.54, 1.807) is 18.1 Å². The first kappa shape index (κ1) is 16.6. The van der Waals surface area contributed by atoms with Gasteiger partial charge in [-0.25, -0.2) is 9.97 Å². The molecular weight excluding hydrogens is 326 g/mol. The Balaban J connectivity index is 1.49. The number of rotatable bonds is 4. The summed E-state index contributed by atoms with van der Waals surface area (Å²) < 4.78 is 2.04. The third kappa shape index (κ3) is 3.03.